The molecule has 2 aromatic rings. The first kappa shape index (κ1) is 23.5. The fraction of sp³-hybridized carbons (Fsp3) is 0.440. The Morgan fingerprint density at radius 3 is 2.33 bits per heavy atom. The lowest BCUT2D eigenvalue weighted by Crippen LogP contribution is -2.49. The van der Waals surface area contributed by atoms with E-state index >= 15 is 0 Å². The first-order valence-corrected chi connectivity index (χ1v) is 10.6. The van der Waals surface area contributed by atoms with Crippen molar-refractivity contribution in [3.63, 3.8) is 0 Å². The summed E-state index contributed by atoms with van der Waals surface area (Å²) in [5, 5.41) is 2.93. The van der Waals surface area contributed by atoms with Crippen LogP contribution in [0, 0.1) is 12.8 Å². The van der Waals surface area contributed by atoms with E-state index in [-0.39, 0.29) is 18.4 Å². The standard InChI is InChI=1S/C25H34N2O3/c1-6-21-10-12-23(13-11-21)30-17-24(28)27(16-22-9-7-8-19(4)14-22)20(5)25(29)26-15-18(2)3/h7-14,18,20H,6,15-17H2,1-5H3,(H,26,29). The number of hydrogen-bond acceptors (Lipinski definition) is 3. The topological polar surface area (TPSA) is 58.6 Å². The molecule has 0 bridgehead atoms. The Labute approximate surface area is 180 Å². The van der Waals surface area contributed by atoms with Gasteiger partial charge < -0.3 is 15.0 Å². The van der Waals surface area contributed by atoms with Crippen molar-refractivity contribution in [3.05, 3.63) is 65.2 Å². The average molecular weight is 411 g/mol. The third-order valence-corrected chi connectivity index (χ3v) is 4.98. The summed E-state index contributed by atoms with van der Waals surface area (Å²) < 4.78 is 5.71. The Kier molecular flexibility index (Phi) is 8.90. The van der Waals surface area contributed by atoms with Crippen LogP contribution in [-0.2, 0) is 22.6 Å². The van der Waals surface area contributed by atoms with Crippen molar-refractivity contribution >= 4 is 11.8 Å². The van der Waals surface area contributed by atoms with E-state index in [4.69, 9.17) is 4.74 Å². The molecular formula is C25H34N2O3. The maximum Gasteiger partial charge on any atom is 0.261 e. The van der Waals surface area contributed by atoms with Crippen molar-refractivity contribution in [1.29, 1.82) is 0 Å². The van der Waals surface area contributed by atoms with Crippen molar-refractivity contribution in [1.82, 2.24) is 10.2 Å². The van der Waals surface area contributed by atoms with E-state index in [1.54, 1.807) is 11.8 Å². The Balaban J connectivity index is 2.11. The van der Waals surface area contributed by atoms with E-state index in [1.165, 1.54) is 5.56 Å². The van der Waals surface area contributed by atoms with Crippen molar-refractivity contribution in [3.8, 4) is 5.75 Å². The number of amides is 2. The van der Waals surface area contributed by atoms with Crippen LogP contribution in [0.4, 0.5) is 0 Å². The van der Waals surface area contributed by atoms with Crippen LogP contribution in [0.15, 0.2) is 48.5 Å². The number of carbonyl (C=O) groups excluding carboxylic acids is 2. The SMILES string of the molecule is CCc1ccc(OCC(=O)N(Cc2cccc(C)c2)C(C)C(=O)NCC(C)C)cc1. The molecule has 0 radical (unpaired) electrons. The second-order valence-corrected chi connectivity index (χ2v) is 8.11. The molecule has 2 rings (SSSR count). The van der Waals surface area contributed by atoms with E-state index in [0.29, 0.717) is 24.8 Å². The van der Waals surface area contributed by atoms with Crippen LogP contribution < -0.4 is 10.1 Å². The minimum absolute atomic E-state index is 0.112. The molecule has 1 N–H and O–H groups in total. The fourth-order valence-electron chi connectivity index (χ4n) is 3.09. The average Bonchev–Trinajstić information content (AvgIpc) is 2.74. The number of nitrogens with one attached hydrogen (secondary N) is 1. The van der Waals surface area contributed by atoms with Crippen LogP contribution in [0.25, 0.3) is 0 Å². The smallest absolute Gasteiger partial charge is 0.261 e. The number of carbonyl (C=O) groups is 2. The van der Waals surface area contributed by atoms with Gasteiger partial charge in [0, 0.05) is 13.1 Å². The molecule has 5 nitrogen and oxygen atoms in total. The molecule has 0 spiro atoms. The summed E-state index contributed by atoms with van der Waals surface area (Å²) >= 11 is 0. The summed E-state index contributed by atoms with van der Waals surface area (Å²) in [7, 11) is 0. The molecule has 0 aliphatic carbocycles. The van der Waals surface area contributed by atoms with Gasteiger partial charge in [0.1, 0.15) is 11.8 Å². The van der Waals surface area contributed by atoms with E-state index in [2.05, 4.69) is 12.2 Å². The minimum Gasteiger partial charge on any atom is -0.484 e. The molecule has 1 atom stereocenters. The highest BCUT2D eigenvalue weighted by molar-refractivity contribution is 5.87. The molecule has 2 aromatic carbocycles. The van der Waals surface area contributed by atoms with E-state index in [9.17, 15) is 9.59 Å². The van der Waals surface area contributed by atoms with Crippen molar-refractivity contribution in [2.45, 2.75) is 53.6 Å². The summed E-state index contributed by atoms with van der Waals surface area (Å²) in [6.07, 6.45) is 0.951. The lowest BCUT2D eigenvalue weighted by molar-refractivity contribution is -0.142. The van der Waals surface area contributed by atoms with Crippen LogP contribution in [0.1, 0.15) is 44.4 Å². The lowest BCUT2D eigenvalue weighted by atomic mass is 10.1. The largest absolute Gasteiger partial charge is 0.484 e. The summed E-state index contributed by atoms with van der Waals surface area (Å²) in [4.78, 5) is 27.3. The number of aryl methyl sites for hydroxylation is 2. The molecule has 0 aliphatic rings. The van der Waals surface area contributed by atoms with Crippen LogP contribution in [0.3, 0.4) is 0 Å². The van der Waals surface area contributed by atoms with Crippen molar-refractivity contribution < 1.29 is 14.3 Å². The van der Waals surface area contributed by atoms with Crippen LogP contribution >= 0.6 is 0 Å². The van der Waals surface area contributed by atoms with Gasteiger partial charge >= 0.3 is 0 Å². The fourth-order valence-corrected chi connectivity index (χ4v) is 3.09. The predicted molar refractivity (Wildman–Crippen MR) is 120 cm³/mol. The van der Waals surface area contributed by atoms with Gasteiger partial charge in [-0.25, -0.2) is 0 Å². The zero-order chi connectivity index (χ0) is 22.1. The zero-order valence-corrected chi connectivity index (χ0v) is 18.8. The highest BCUT2D eigenvalue weighted by Crippen LogP contribution is 2.15. The highest BCUT2D eigenvalue weighted by Gasteiger charge is 2.26. The van der Waals surface area contributed by atoms with Crippen LogP contribution in [0.2, 0.25) is 0 Å². The van der Waals surface area contributed by atoms with Crippen LogP contribution in [-0.4, -0.2) is 35.9 Å². The van der Waals surface area contributed by atoms with Crippen molar-refractivity contribution in [2.75, 3.05) is 13.2 Å². The monoisotopic (exact) mass is 410 g/mol. The number of benzene rings is 2. The van der Waals surface area contributed by atoms with Gasteiger partial charge in [0.25, 0.3) is 5.91 Å². The molecule has 5 heteroatoms. The quantitative estimate of drug-likeness (QED) is 0.641. The van der Waals surface area contributed by atoms with Gasteiger partial charge in [0.2, 0.25) is 5.91 Å². The summed E-state index contributed by atoms with van der Waals surface area (Å²) in [6.45, 7) is 10.8. The minimum atomic E-state index is -0.595. The van der Waals surface area contributed by atoms with Gasteiger partial charge in [0.05, 0.1) is 0 Å². The molecular weight excluding hydrogens is 376 g/mol. The van der Waals surface area contributed by atoms with E-state index in [1.807, 2.05) is 69.3 Å². The maximum atomic E-state index is 13.0. The summed E-state index contributed by atoms with van der Waals surface area (Å²) in [5.74, 6) is 0.616. The second kappa shape index (κ2) is 11.4. The van der Waals surface area contributed by atoms with Crippen molar-refractivity contribution in [2.24, 2.45) is 5.92 Å². The summed E-state index contributed by atoms with van der Waals surface area (Å²) in [6, 6.07) is 15.1. The van der Waals surface area contributed by atoms with Gasteiger partial charge in [-0.1, -0.05) is 62.7 Å². The molecule has 0 saturated carbocycles. The maximum absolute atomic E-state index is 13.0. The van der Waals surface area contributed by atoms with Gasteiger partial charge in [-0.3, -0.25) is 9.59 Å². The predicted octanol–water partition coefficient (Wildman–Crippen LogP) is 4.13. The van der Waals surface area contributed by atoms with E-state index in [0.717, 1.165) is 17.5 Å². The van der Waals surface area contributed by atoms with Crippen LogP contribution in [0.5, 0.6) is 5.75 Å². The molecule has 0 saturated heterocycles. The number of rotatable bonds is 10. The third kappa shape index (κ3) is 7.21. The lowest BCUT2D eigenvalue weighted by Gasteiger charge is -2.29. The highest BCUT2D eigenvalue weighted by atomic mass is 16.5. The Morgan fingerprint density at radius 1 is 1.03 bits per heavy atom. The number of nitrogens with zero attached hydrogens (tertiary/aromatic N) is 1. The third-order valence-electron chi connectivity index (χ3n) is 4.98. The van der Waals surface area contributed by atoms with Gasteiger partial charge in [-0.05, 0) is 49.4 Å². The van der Waals surface area contributed by atoms with Gasteiger partial charge in [0.15, 0.2) is 6.61 Å². The second-order valence-electron chi connectivity index (χ2n) is 8.11. The van der Waals surface area contributed by atoms with Gasteiger partial charge in [-0.15, -0.1) is 0 Å². The molecule has 0 aliphatic heterocycles. The molecule has 2 amide bonds. The molecule has 0 aromatic heterocycles. The van der Waals surface area contributed by atoms with E-state index < -0.39 is 6.04 Å². The normalized spacial score (nSPS) is 11.8. The number of hydrogen-bond donors (Lipinski definition) is 1. The Bertz CT molecular complexity index is 831. The number of ether oxygens (including phenoxy) is 1. The Hall–Kier alpha value is -2.82. The first-order chi connectivity index (χ1) is 14.3. The molecule has 1 unspecified atom stereocenters. The molecule has 0 heterocycles. The molecule has 0 fully saturated rings. The Morgan fingerprint density at radius 2 is 1.73 bits per heavy atom. The van der Waals surface area contributed by atoms with Gasteiger partial charge in [-0.2, -0.15) is 0 Å². The zero-order valence-electron chi connectivity index (χ0n) is 18.8. The summed E-state index contributed by atoms with van der Waals surface area (Å²) in [5.41, 5.74) is 3.31. The molecule has 30 heavy (non-hydrogen) atoms. The molecule has 162 valence electrons. The first-order valence-electron chi connectivity index (χ1n) is 10.6.